The molecular weight excluding hydrogens is 333 g/mol. The van der Waals surface area contributed by atoms with Gasteiger partial charge in [0.05, 0.1) is 7.11 Å². The maximum atomic E-state index is 14.1. The minimum Gasteiger partial charge on any atom is -0.497 e. The van der Waals surface area contributed by atoms with Gasteiger partial charge in [0.25, 0.3) is 0 Å². The van der Waals surface area contributed by atoms with Gasteiger partial charge in [-0.1, -0.05) is 34.1 Å². The van der Waals surface area contributed by atoms with Crippen LogP contribution >= 0.6 is 15.9 Å². The molecule has 0 heterocycles. The summed E-state index contributed by atoms with van der Waals surface area (Å²) in [6.07, 6.45) is 0. The summed E-state index contributed by atoms with van der Waals surface area (Å²) < 4.78 is 20.1. The van der Waals surface area contributed by atoms with Crippen LogP contribution in [0.4, 0.5) is 4.39 Å². The molecule has 2 aromatic carbocycles. The second kappa shape index (κ2) is 7.05. The van der Waals surface area contributed by atoms with Gasteiger partial charge in [0.1, 0.15) is 11.6 Å². The van der Waals surface area contributed by atoms with Crippen LogP contribution in [-0.2, 0) is 0 Å². The Kier molecular flexibility index (Phi) is 5.37. The van der Waals surface area contributed by atoms with E-state index in [4.69, 9.17) is 4.74 Å². The highest BCUT2D eigenvalue weighted by atomic mass is 79.9. The van der Waals surface area contributed by atoms with Crippen LogP contribution in [0.3, 0.4) is 0 Å². The van der Waals surface area contributed by atoms with Crippen LogP contribution in [0.5, 0.6) is 5.75 Å². The summed E-state index contributed by atoms with van der Waals surface area (Å²) in [5.41, 5.74) is 1.79. The van der Waals surface area contributed by atoms with Gasteiger partial charge < -0.3 is 10.1 Å². The number of rotatable bonds is 5. The number of halogens is 2. The van der Waals surface area contributed by atoms with E-state index in [1.807, 2.05) is 19.1 Å². The molecule has 0 saturated carbocycles. The molecule has 2 aromatic rings. The predicted octanol–water partition coefficient (Wildman–Crippen LogP) is 5.01. The number of nitrogens with one attached hydrogen (secondary N) is 1. The Labute approximate surface area is 133 Å². The normalized spacial score (nSPS) is 13.8. The molecule has 0 aliphatic heterocycles. The minimum absolute atomic E-state index is 0.0927. The molecule has 0 saturated heterocycles. The summed E-state index contributed by atoms with van der Waals surface area (Å²) in [5, 5.41) is 3.42. The van der Waals surface area contributed by atoms with Crippen LogP contribution in [0.15, 0.2) is 46.9 Å². The van der Waals surface area contributed by atoms with Crippen molar-refractivity contribution >= 4 is 15.9 Å². The second-order valence-corrected chi connectivity index (χ2v) is 5.97. The van der Waals surface area contributed by atoms with Gasteiger partial charge in [-0.15, -0.1) is 0 Å². The molecule has 112 valence electrons. The first kappa shape index (κ1) is 16.0. The van der Waals surface area contributed by atoms with E-state index in [0.717, 1.165) is 10.0 Å². The van der Waals surface area contributed by atoms with Crippen molar-refractivity contribution in [2.24, 2.45) is 0 Å². The zero-order valence-corrected chi connectivity index (χ0v) is 13.9. The third-order valence-electron chi connectivity index (χ3n) is 3.52. The van der Waals surface area contributed by atoms with Crippen molar-refractivity contribution in [2.75, 3.05) is 7.11 Å². The average molecular weight is 352 g/mol. The highest BCUT2D eigenvalue weighted by molar-refractivity contribution is 9.10. The Morgan fingerprint density at radius 1 is 1.10 bits per heavy atom. The topological polar surface area (TPSA) is 21.3 Å². The molecule has 1 N–H and O–H groups in total. The van der Waals surface area contributed by atoms with Gasteiger partial charge >= 0.3 is 0 Å². The first-order valence-electron chi connectivity index (χ1n) is 6.86. The van der Waals surface area contributed by atoms with Gasteiger partial charge in [0.15, 0.2) is 0 Å². The van der Waals surface area contributed by atoms with Crippen LogP contribution in [0.1, 0.15) is 37.1 Å². The molecule has 2 atom stereocenters. The number of methoxy groups -OCH3 is 1. The van der Waals surface area contributed by atoms with Crippen molar-refractivity contribution in [2.45, 2.75) is 25.9 Å². The van der Waals surface area contributed by atoms with Crippen molar-refractivity contribution in [3.63, 3.8) is 0 Å². The van der Waals surface area contributed by atoms with Crippen molar-refractivity contribution < 1.29 is 9.13 Å². The fourth-order valence-corrected chi connectivity index (χ4v) is 2.74. The number of ether oxygens (including phenoxy) is 1. The minimum atomic E-state index is -0.254. The lowest BCUT2D eigenvalue weighted by atomic mass is 10.0. The van der Waals surface area contributed by atoms with Crippen molar-refractivity contribution in [3.8, 4) is 5.75 Å². The summed E-state index contributed by atoms with van der Waals surface area (Å²) in [6.45, 7) is 4.03. The number of hydrogen-bond acceptors (Lipinski definition) is 2. The van der Waals surface area contributed by atoms with Crippen LogP contribution in [-0.4, -0.2) is 7.11 Å². The second-order valence-electron chi connectivity index (χ2n) is 5.05. The first-order valence-corrected chi connectivity index (χ1v) is 7.65. The van der Waals surface area contributed by atoms with Gasteiger partial charge in [0, 0.05) is 28.2 Å². The van der Waals surface area contributed by atoms with Crippen LogP contribution in [0, 0.1) is 5.82 Å². The lowest BCUT2D eigenvalue weighted by molar-refractivity contribution is 0.408. The largest absolute Gasteiger partial charge is 0.497 e. The molecule has 0 radical (unpaired) electrons. The Morgan fingerprint density at radius 2 is 1.86 bits per heavy atom. The zero-order valence-electron chi connectivity index (χ0n) is 12.4. The Hall–Kier alpha value is -1.39. The first-order chi connectivity index (χ1) is 10.0. The molecular formula is C17H19BrFNO. The molecule has 2 nitrogen and oxygen atoms in total. The van der Waals surface area contributed by atoms with E-state index in [1.165, 1.54) is 13.2 Å². The van der Waals surface area contributed by atoms with Gasteiger partial charge in [0.2, 0.25) is 0 Å². The summed E-state index contributed by atoms with van der Waals surface area (Å²) in [4.78, 5) is 0. The maximum Gasteiger partial charge on any atom is 0.131 e. The molecule has 2 rings (SSSR count). The Bertz CT molecular complexity index is 617. The number of hydrogen-bond donors (Lipinski definition) is 1. The predicted molar refractivity (Wildman–Crippen MR) is 87.1 cm³/mol. The molecule has 0 fully saturated rings. The summed E-state index contributed by atoms with van der Waals surface area (Å²) >= 11 is 3.47. The summed E-state index contributed by atoms with van der Waals surface area (Å²) in [6, 6.07) is 13.1. The van der Waals surface area contributed by atoms with E-state index in [1.54, 1.807) is 12.1 Å². The fourth-order valence-electron chi connectivity index (χ4n) is 2.32. The molecule has 21 heavy (non-hydrogen) atoms. The highest BCUT2D eigenvalue weighted by Crippen LogP contribution is 2.25. The molecule has 2 unspecified atom stereocenters. The molecule has 0 spiro atoms. The number of benzene rings is 2. The van der Waals surface area contributed by atoms with E-state index in [2.05, 4.69) is 40.3 Å². The lowest BCUT2D eigenvalue weighted by Crippen LogP contribution is -2.23. The van der Waals surface area contributed by atoms with Gasteiger partial charge in [-0.3, -0.25) is 0 Å². The van der Waals surface area contributed by atoms with Crippen LogP contribution in [0.2, 0.25) is 0 Å². The van der Waals surface area contributed by atoms with Gasteiger partial charge in [-0.2, -0.15) is 0 Å². The van der Waals surface area contributed by atoms with Crippen LogP contribution in [0.25, 0.3) is 0 Å². The SMILES string of the molecule is COc1ccc(C(C)NC(C)c2cccc(Br)c2)c(F)c1. The van der Waals surface area contributed by atoms with E-state index >= 15 is 0 Å². The van der Waals surface area contributed by atoms with Crippen molar-refractivity contribution in [1.82, 2.24) is 5.32 Å². The molecule has 0 aliphatic carbocycles. The summed E-state index contributed by atoms with van der Waals surface area (Å²) in [7, 11) is 1.53. The van der Waals surface area contributed by atoms with E-state index in [9.17, 15) is 4.39 Å². The quantitative estimate of drug-likeness (QED) is 0.817. The standard InChI is InChI=1S/C17H19BrFNO/c1-11(13-5-4-6-14(18)9-13)20-12(2)16-8-7-15(21-3)10-17(16)19/h4-12,20H,1-3H3. The van der Waals surface area contributed by atoms with E-state index < -0.39 is 0 Å². The van der Waals surface area contributed by atoms with E-state index in [0.29, 0.717) is 11.3 Å². The highest BCUT2D eigenvalue weighted by Gasteiger charge is 2.15. The average Bonchev–Trinajstić information content (AvgIpc) is 2.46. The molecule has 0 aliphatic rings. The monoisotopic (exact) mass is 351 g/mol. The van der Waals surface area contributed by atoms with Crippen molar-refractivity contribution in [1.29, 1.82) is 0 Å². The molecule has 0 amide bonds. The third kappa shape index (κ3) is 4.05. The molecule has 0 aromatic heterocycles. The Balaban J connectivity index is 2.12. The van der Waals surface area contributed by atoms with Gasteiger partial charge in [-0.05, 0) is 37.6 Å². The molecule has 0 bridgehead atoms. The molecule has 4 heteroatoms. The zero-order chi connectivity index (χ0) is 15.4. The maximum absolute atomic E-state index is 14.1. The Morgan fingerprint density at radius 3 is 2.48 bits per heavy atom. The smallest absolute Gasteiger partial charge is 0.131 e. The van der Waals surface area contributed by atoms with Crippen molar-refractivity contribution in [3.05, 3.63) is 63.9 Å². The third-order valence-corrected chi connectivity index (χ3v) is 4.02. The fraction of sp³-hybridized carbons (Fsp3) is 0.294. The van der Waals surface area contributed by atoms with Gasteiger partial charge in [-0.25, -0.2) is 4.39 Å². The van der Waals surface area contributed by atoms with Crippen LogP contribution < -0.4 is 10.1 Å². The van der Waals surface area contributed by atoms with E-state index in [-0.39, 0.29) is 17.9 Å². The summed E-state index contributed by atoms with van der Waals surface area (Å²) in [5.74, 6) is 0.277. The lowest BCUT2D eigenvalue weighted by Gasteiger charge is -2.21.